The topological polar surface area (TPSA) is 112 Å². The molecule has 4 heterocycles. The Morgan fingerprint density at radius 3 is 2.73 bits per heavy atom. The van der Waals surface area contributed by atoms with Gasteiger partial charge in [-0.25, -0.2) is 19.5 Å². The summed E-state index contributed by atoms with van der Waals surface area (Å²) in [4.78, 5) is 26.9. The lowest BCUT2D eigenvalue weighted by atomic mass is 9.89. The molecular formula is C25H22F3N7O2. The number of rotatable bonds is 4. The molecule has 37 heavy (non-hydrogen) atoms. The van der Waals surface area contributed by atoms with E-state index < -0.39 is 42.9 Å². The van der Waals surface area contributed by atoms with Crippen molar-refractivity contribution in [3.63, 3.8) is 0 Å². The van der Waals surface area contributed by atoms with Crippen molar-refractivity contribution < 1.29 is 26.8 Å². The van der Waals surface area contributed by atoms with Crippen LogP contribution in [-0.2, 0) is 5.54 Å². The molecule has 0 unspecified atom stereocenters. The summed E-state index contributed by atoms with van der Waals surface area (Å²) in [5.74, 6) is -2.60. The van der Waals surface area contributed by atoms with Gasteiger partial charge in [0, 0.05) is 46.1 Å². The highest BCUT2D eigenvalue weighted by atomic mass is 19.3. The van der Waals surface area contributed by atoms with Crippen molar-refractivity contribution in [1.82, 2.24) is 29.5 Å². The van der Waals surface area contributed by atoms with Crippen LogP contribution in [0.25, 0.3) is 16.9 Å². The highest BCUT2D eigenvalue weighted by molar-refractivity contribution is 5.98. The number of halogens is 3. The Bertz CT molecular complexity index is 1690. The number of carbonyl (C=O) groups is 1. The van der Waals surface area contributed by atoms with Crippen molar-refractivity contribution in [2.24, 2.45) is 5.73 Å². The molecule has 0 fully saturated rings. The van der Waals surface area contributed by atoms with Gasteiger partial charge in [0.15, 0.2) is 11.5 Å². The van der Waals surface area contributed by atoms with Crippen LogP contribution in [0, 0.1) is 5.95 Å². The Kier molecular flexibility index (Phi) is 4.32. The first-order chi connectivity index (χ1) is 18.8. The lowest BCUT2D eigenvalue weighted by molar-refractivity contribution is -0.0505. The van der Waals surface area contributed by atoms with E-state index in [1.54, 1.807) is 13.8 Å². The molecule has 1 amide bonds. The Hall–Kier alpha value is -4.06. The van der Waals surface area contributed by atoms with Gasteiger partial charge >= 0.3 is 6.61 Å². The fourth-order valence-electron chi connectivity index (χ4n) is 5.04. The maximum absolute atomic E-state index is 15.1. The zero-order chi connectivity index (χ0) is 28.7. The van der Waals surface area contributed by atoms with Crippen molar-refractivity contribution in [1.29, 1.82) is 0 Å². The highest BCUT2D eigenvalue weighted by Gasteiger charge is 2.46. The largest absolute Gasteiger partial charge is 0.434 e. The van der Waals surface area contributed by atoms with E-state index in [0.717, 1.165) is 4.90 Å². The van der Waals surface area contributed by atoms with E-state index in [2.05, 4.69) is 20.1 Å². The van der Waals surface area contributed by atoms with E-state index in [4.69, 9.17) is 14.6 Å². The minimum Gasteiger partial charge on any atom is -0.434 e. The van der Waals surface area contributed by atoms with E-state index in [1.165, 1.54) is 41.2 Å². The number of ether oxygens (including phenoxy) is 1. The molecule has 0 saturated heterocycles. The Morgan fingerprint density at radius 2 is 2.03 bits per heavy atom. The van der Waals surface area contributed by atoms with Crippen molar-refractivity contribution in [3.05, 3.63) is 70.8 Å². The summed E-state index contributed by atoms with van der Waals surface area (Å²) in [7, 11) is 0. The van der Waals surface area contributed by atoms with Gasteiger partial charge in [-0.2, -0.15) is 18.3 Å². The van der Waals surface area contributed by atoms with E-state index in [1.807, 2.05) is 0 Å². The van der Waals surface area contributed by atoms with Crippen LogP contribution >= 0.6 is 0 Å². The van der Waals surface area contributed by atoms with Gasteiger partial charge in [-0.3, -0.25) is 4.79 Å². The second kappa shape index (κ2) is 7.97. The minimum absolute atomic E-state index is 0.00920. The summed E-state index contributed by atoms with van der Waals surface area (Å²) in [6, 6.07) is 4.52. The predicted molar refractivity (Wildman–Crippen MR) is 126 cm³/mol. The predicted octanol–water partition coefficient (Wildman–Crippen LogP) is 3.78. The highest BCUT2D eigenvalue weighted by Crippen LogP contribution is 2.53. The molecular weight excluding hydrogens is 487 g/mol. The van der Waals surface area contributed by atoms with Gasteiger partial charge in [0.25, 0.3) is 5.91 Å². The Labute approximate surface area is 213 Å². The van der Waals surface area contributed by atoms with E-state index in [9.17, 15) is 13.6 Å². The molecule has 9 nitrogen and oxygen atoms in total. The first-order valence-corrected chi connectivity index (χ1v) is 11.4. The standard InChI is InChI=1S/C25H22F3N7O2/c1-25(2,29)23-30-10-13(20(26)32-23)14-7-8-35-21(31-14)18-12-9-15(19(18)33-35)34(3)22(36)11-5-4-6-16(17(11)12)37-24(27)28/h4-8,10,12,15,24H,9,29H2,1-3H3/t12-,15-/m1/s1/i3D3. The number of hydrogen-bond acceptors (Lipinski definition) is 7. The molecule has 2 aliphatic rings. The number of nitrogens with two attached hydrogens (primary N) is 1. The number of benzene rings is 1. The first-order valence-electron chi connectivity index (χ1n) is 12.9. The van der Waals surface area contributed by atoms with Crippen LogP contribution in [0.1, 0.15) is 69.3 Å². The molecule has 1 aliphatic heterocycles. The van der Waals surface area contributed by atoms with E-state index >= 15 is 4.39 Å². The molecule has 1 aromatic carbocycles. The lowest BCUT2D eigenvalue weighted by Gasteiger charge is -2.23. The molecule has 190 valence electrons. The van der Waals surface area contributed by atoms with Gasteiger partial charge in [-0.15, -0.1) is 0 Å². The van der Waals surface area contributed by atoms with E-state index in [0.29, 0.717) is 5.56 Å². The molecule has 0 radical (unpaired) electrons. The van der Waals surface area contributed by atoms with E-state index in [-0.39, 0.29) is 51.7 Å². The van der Waals surface area contributed by atoms with Gasteiger partial charge in [0.05, 0.1) is 28.5 Å². The molecule has 12 heteroatoms. The van der Waals surface area contributed by atoms with Crippen LogP contribution in [-0.4, -0.2) is 49.0 Å². The number of nitrogens with zero attached hydrogens (tertiary/aromatic N) is 6. The molecule has 2 atom stereocenters. The third-order valence-electron chi connectivity index (χ3n) is 6.66. The zero-order valence-corrected chi connectivity index (χ0v) is 19.6. The van der Waals surface area contributed by atoms with Crippen LogP contribution in [0.5, 0.6) is 5.75 Å². The summed E-state index contributed by atoms with van der Waals surface area (Å²) in [6.45, 7) is -2.76. The number of alkyl halides is 2. The summed E-state index contributed by atoms with van der Waals surface area (Å²) < 4.78 is 72.3. The van der Waals surface area contributed by atoms with Crippen LogP contribution in [0.4, 0.5) is 13.2 Å². The summed E-state index contributed by atoms with van der Waals surface area (Å²) in [6.07, 6.45) is 2.83. The summed E-state index contributed by atoms with van der Waals surface area (Å²) >= 11 is 0. The summed E-state index contributed by atoms with van der Waals surface area (Å²) in [5.41, 5.74) is 6.14. The number of amides is 1. The Morgan fingerprint density at radius 1 is 1.22 bits per heavy atom. The molecule has 2 N–H and O–H groups in total. The monoisotopic (exact) mass is 512 g/mol. The van der Waals surface area contributed by atoms with Gasteiger partial charge in [0.2, 0.25) is 5.95 Å². The van der Waals surface area contributed by atoms with Crippen LogP contribution in [0.3, 0.4) is 0 Å². The third kappa shape index (κ3) is 3.54. The number of hydrogen-bond donors (Lipinski definition) is 1. The first kappa shape index (κ1) is 20.0. The maximum atomic E-state index is 15.1. The second-order valence-electron chi connectivity index (χ2n) is 9.57. The van der Waals surface area contributed by atoms with Crippen LogP contribution in [0.15, 0.2) is 36.7 Å². The Balaban J connectivity index is 1.58. The quantitative estimate of drug-likeness (QED) is 0.414. The molecule has 1 aliphatic carbocycles. The molecule has 2 bridgehead atoms. The fraction of sp³-hybridized carbons (Fsp3) is 0.320. The average Bonchev–Trinajstić information content (AvgIpc) is 3.35. The van der Waals surface area contributed by atoms with Gasteiger partial charge in [-0.1, -0.05) is 6.07 Å². The van der Waals surface area contributed by atoms with Crippen molar-refractivity contribution in [2.75, 3.05) is 6.98 Å². The number of aromatic nitrogens is 5. The lowest BCUT2D eigenvalue weighted by Crippen LogP contribution is -2.31. The summed E-state index contributed by atoms with van der Waals surface area (Å²) in [5, 5.41) is 4.52. The van der Waals surface area contributed by atoms with Gasteiger partial charge < -0.3 is 15.4 Å². The number of carbonyl (C=O) groups excluding carboxylic acids is 1. The molecule has 4 aromatic rings. The van der Waals surface area contributed by atoms with Crippen LogP contribution in [0.2, 0.25) is 0 Å². The van der Waals surface area contributed by atoms with Crippen LogP contribution < -0.4 is 10.5 Å². The second-order valence-corrected chi connectivity index (χ2v) is 9.57. The zero-order valence-electron chi connectivity index (χ0n) is 22.6. The normalized spacial score (nSPS) is 20.4. The molecule has 0 spiro atoms. The van der Waals surface area contributed by atoms with Gasteiger partial charge in [0.1, 0.15) is 5.75 Å². The number of fused-ring (bicyclic) bond motifs is 9. The average molecular weight is 513 g/mol. The molecule has 0 saturated carbocycles. The minimum atomic E-state index is -3.18. The SMILES string of the molecule is [2H]C([2H])([2H])N1C(=O)c2cccc(OC(F)F)c2[C@H]2C[C@@H]1c1nn3ccc(-c4cnc(C(C)(C)N)nc4F)nc3c12. The fourth-order valence-corrected chi connectivity index (χ4v) is 5.04. The van der Waals surface area contributed by atoms with Gasteiger partial charge in [-0.05, 0) is 38.5 Å². The van der Waals surface area contributed by atoms with Crippen molar-refractivity contribution >= 4 is 11.6 Å². The third-order valence-corrected chi connectivity index (χ3v) is 6.66. The molecule has 3 aromatic heterocycles. The smallest absolute Gasteiger partial charge is 0.387 e. The van der Waals surface area contributed by atoms with Crippen molar-refractivity contribution in [3.8, 4) is 17.0 Å². The molecule has 6 rings (SSSR count). The van der Waals surface area contributed by atoms with Crippen molar-refractivity contribution in [2.45, 2.75) is 44.4 Å². The maximum Gasteiger partial charge on any atom is 0.387 e.